The Balaban J connectivity index is 1.47. The average Bonchev–Trinajstić information content (AvgIpc) is 3.66. The van der Waals surface area contributed by atoms with E-state index < -0.39 is 48.3 Å². The molecule has 10 nitrogen and oxygen atoms in total. The predicted octanol–water partition coefficient (Wildman–Crippen LogP) is 4.68. The molecule has 0 amide bonds. The number of benzene rings is 3. The van der Waals surface area contributed by atoms with Crippen LogP contribution in [0.5, 0.6) is 0 Å². The van der Waals surface area contributed by atoms with E-state index in [1.54, 1.807) is 91.0 Å². The number of rotatable bonds is 9. The van der Waals surface area contributed by atoms with Crippen molar-refractivity contribution in [2.24, 2.45) is 0 Å². The first-order chi connectivity index (χ1) is 20.4. The molecule has 1 aliphatic heterocycles. The molecule has 42 heavy (non-hydrogen) atoms. The van der Waals surface area contributed by atoms with Gasteiger partial charge in [-0.1, -0.05) is 54.6 Å². The van der Waals surface area contributed by atoms with Crippen molar-refractivity contribution in [1.82, 2.24) is 4.37 Å². The molecule has 1 aromatic heterocycles. The fourth-order valence-electron chi connectivity index (χ4n) is 4.34. The summed E-state index contributed by atoms with van der Waals surface area (Å²) in [5, 5.41) is 0. The number of hydrogen-bond acceptors (Lipinski definition) is 11. The van der Waals surface area contributed by atoms with Crippen LogP contribution in [-0.2, 0) is 23.7 Å². The maximum Gasteiger partial charge on any atom is 0.349 e. The fraction of sp³-hybridized carbons (Fsp3) is 0.194. The Morgan fingerprint density at radius 2 is 1.21 bits per heavy atom. The summed E-state index contributed by atoms with van der Waals surface area (Å²) in [6, 6.07) is 26.4. The second-order valence-electron chi connectivity index (χ2n) is 9.14. The summed E-state index contributed by atoms with van der Waals surface area (Å²) in [6.07, 6.45) is -4.53. The number of hydrogen-bond donors (Lipinski definition) is 0. The van der Waals surface area contributed by atoms with Crippen molar-refractivity contribution in [3.8, 4) is 0 Å². The third kappa shape index (κ3) is 6.54. The normalized spacial score (nSPS) is 19.5. The first kappa shape index (κ1) is 28.7. The molecule has 4 aromatic rings. The first-order valence-corrected chi connectivity index (χ1v) is 13.7. The van der Waals surface area contributed by atoms with Crippen LogP contribution in [0.4, 0.5) is 0 Å². The largest absolute Gasteiger partial charge is 0.465 e. The molecule has 0 unspecified atom stereocenters. The molecule has 3 aromatic carbocycles. The monoisotopic (exact) mass is 587 g/mol. The molecule has 11 heteroatoms. The van der Waals surface area contributed by atoms with Gasteiger partial charge in [-0.05, 0) is 54.0 Å². The van der Waals surface area contributed by atoms with Crippen LogP contribution in [0.3, 0.4) is 0 Å². The molecule has 0 saturated carbocycles. The van der Waals surface area contributed by atoms with E-state index in [-0.39, 0.29) is 28.3 Å². The van der Waals surface area contributed by atoms with E-state index in [1.165, 1.54) is 13.2 Å². The van der Waals surface area contributed by atoms with Crippen LogP contribution in [0.1, 0.15) is 52.5 Å². The van der Waals surface area contributed by atoms with Gasteiger partial charge >= 0.3 is 23.9 Å². The van der Waals surface area contributed by atoms with E-state index >= 15 is 0 Å². The lowest BCUT2D eigenvalue weighted by molar-refractivity contribution is -0.0451. The lowest BCUT2D eigenvalue weighted by atomic mass is 10.0. The number of aromatic nitrogens is 1. The van der Waals surface area contributed by atoms with E-state index in [4.69, 9.17) is 23.7 Å². The molecule has 214 valence electrons. The van der Waals surface area contributed by atoms with Crippen molar-refractivity contribution in [2.45, 2.75) is 24.4 Å². The third-order valence-electron chi connectivity index (χ3n) is 6.41. The number of esters is 4. The molecule has 1 aliphatic rings. The maximum atomic E-state index is 13.2. The van der Waals surface area contributed by atoms with Gasteiger partial charge < -0.3 is 23.7 Å². The highest BCUT2D eigenvalue weighted by atomic mass is 32.1. The van der Waals surface area contributed by atoms with Gasteiger partial charge in [0.15, 0.2) is 12.2 Å². The minimum atomic E-state index is -1.21. The van der Waals surface area contributed by atoms with Gasteiger partial charge in [0.1, 0.15) is 23.7 Å². The molecule has 0 aliphatic carbocycles. The standard InChI is InChI=1S/C31H25NO9S/c1-37-31(36)24-17-22(32-42-24)25-27(41-30(35)21-15-9-4-10-16-21)26(40-29(34)20-13-7-3-8-14-20)23(39-25)18-38-28(33)19-11-5-2-6-12-19/h2-17,23,25-27H,18H2,1H3/t23-,25+,26-,27+/m1/s1. The van der Waals surface area contributed by atoms with Gasteiger partial charge in [-0.3, -0.25) is 0 Å². The second kappa shape index (κ2) is 13.2. The SMILES string of the molecule is COC(=O)c1cc([C@@H]2O[C@H](COC(=O)c3ccccc3)[C@@H](OC(=O)c3ccccc3)[C@H]2OC(=O)c2ccccc2)ns1. The summed E-state index contributed by atoms with van der Waals surface area (Å²) in [6.45, 7) is -0.329. The van der Waals surface area contributed by atoms with Crippen molar-refractivity contribution in [3.63, 3.8) is 0 Å². The lowest BCUT2D eigenvalue weighted by Crippen LogP contribution is -2.40. The quantitative estimate of drug-likeness (QED) is 0.201. The average molecular weight is 588 g/mol. The van der Waals surface area contributed by atoms with Crippen LogP contribution in [0.15, 0.2) is 97.1 Å². The minimum Gasteiger partial charge on any atom is -0.465 e. The second-order valence-corrected chi connectivity index (χ2v) is 9.94. The van der Waals surface area contributed by atoms with Gasteiger partial charge in [-0.25, -0.2) is 19.2 Å². The van der Waals surface area contributed by atoms with E-state index in [0.29, 0.717) is 5.56 Å². The van der Waals surface area contributed by atoms with Gasteiger partial charge in [-0.15, -0.1) is 0 Å². The first-order valence-electron chi connectivity index (χ1n) is 12.9. The molecule has 0 radical (unpaired) electrons. The van der Waals surface area contributed by atoms with Crippen LogP contribution < -0.4 is 0 Å². The van der Waals surface area contributed by atoms with Crippen LogP contribution in [0, 0.1) is 0 Å². The van der Waals surface area contributed by atoms with Crippen LogP contribution in [0.2, 0.25) is 0 Å². The summed E-state index contributed by atoms with van der Waals surface area (Å²) in [4.78, 5) is 51.4. The summed E-state index contributed by atoms with van der Waals surface area (Å²) >= 11 is 0.877. The van der Waals surface area contributed by atoms with Crippen molar-refractivity contribution >= 4 is 35.4 Å². The van der Waals surface area contributed by atoms with Gasteiger partial charge in [0, 0.05) is 0 Å². The van der Waals surface area contributed by atoms with Gasteiger partial charge in [0.05, 0.1) is 29.5 Å². The Bertz CT molecular complexity index is 1540. The lowest BCUT2D eigenvalue weighted by Gasteiger charge is -2.24. The van der Waals surface area contributed by atoms with Gasteiger partial charge in [-0.2, -0.15) is 4.37 Å². The Labute approximate surface area is 244 Å². The Morgan fingerprint density at radius 3 is 1.74 bits per heavy atom. The maximum absolute atomic E-state index is 13.2. The van der Waals surface area contributed by atoms with E-state index in [1.807, 2.05) is 0 Å². The summed E-state index contributed by atoms with van der Waals surface area (Å²) < 4.78 is 32.6. The molecule has 1 fully saturated rings. The minimum absolute atomic E-state index is 0.195. The number of methoxy groups -OCH3 is 1. The number of ether oxygens (including phenoxy) is 5. The van der Waals surface area contributed by atoms with Gasteiger partial charge in [0.25, 0.3) is 0 Å². The Kier molecular flexibility index (Phi) is 9.00. The predicted molar refractivity (Wildman–Crippen MR) is 149 cm³/mol. The highest BCUT2D eigenvalue weighted by Crippen LogP contribution is 2.39. The van der Waals surface area contributed by atoms with E-state index in [9.17, 15) is 19.2 Å². The molecular formula is C31H25NO9S. The molecular weight excluding hydrogens is 562 g/mol. The van der Waals surface area contributed by atoms with Crippen molar-refractivity contribution in [2.75, 3.05) is 13.7 Å². The Hall–Kier alpha value is -4.87. The summed E-state index contributed by atoms with van der Waals surface area (Å²) in [5.41, 5.74) is 1.09. The fourth-order valence-corrected chi connectivity index (χ4v) is 5.03. The Morgan fingerprint density at radius 1 is 0.714 bits per heavy atom. The van der Waals surface area contributed by atoms with Crippen LogP contribution in [0.25, 0.3) is 0 Å². The van der Waals surface area contributed by atoms with Crippen LogP contribution >= 0.6 is 11.5 Å². The number of carbonyl (C=O) groups is 4. The van der Waals surface area contributed by atoms with Crippen molar-refractivity contribution in [1.29, 1.82) is 0 Å². The molecule has 0 spiro atoms. The molecule has 0 bridgehead atoms. The topological polar surface area (TPSA) is 127 Å². The smallest absolute Gasteiger partial charge is 0.349 e. The molecule has 1 saturated heterocycles. The zero-order valence-electron chi connectivity index (χ0n) is 22.3. The van der Waals surface area contributed by atoms with Crippen molar-refractivity contribution < 1.29 is 42.9 Å². The highest BCUT2D eigenvalue weighted by molar-refractivity contribution is 7.08. The molecule has 2 heterocycles. The van der Waals surface area contributed by atoms with Crippen molar-refractivity contribution in [3.05, 3.63) is 124 Å². The van der Waals surface area contributed by atoms with E-state index in [2.05, 4.69) is 4.37 Å². The zero-order valence-corrected chi connectivity index (χ0v) is 23.1. The zero-order chi connectivity index (χ0) is 29.5. The summed E-state index contributed by atoms with van der Waals surface area (Å²) in [7, 11) is 1.24. The molecule has 0 N–H and O–H groups in total. The van der Waals surface area contributed by atoms with E-state index in [0.717, 1.165) is 11.5 Å². The number of nitrogens with zero attached hydrogens (tertiary/aromatic N) is 1. The third-order valence-corrected chi connectivity index (χ3v) is 7.19. The molecule has 4 atom stereocenters. The molecule has 5 rings (SSSR count). The number of carbonyl (C=O) groups excluding carboxylic acids is 4. The van der Waals surface area contributed by atoms with Gasteiger partial charge in [0.2, 0.25) is 0 Å². The highest BCUT2D eigenvalue weighted by Gasteiger charge is 2.52. The summed E-state index contributed by atoms with van der Waals surface area (Å²) in [5.74, 6) is -2.61. The van der Waals surface area contributed by atoms with Crippen LogP contribution in [-0.4, -0.2) is 60.3 Å².